The molecule has 0 spiro atoms. The van der Waals surface area contributed by atoms with Crippen LogP contribution in [-0.4, -0.2) is 27.4 Å². The summed E-state index contributed by atoms with van der Waals surface area (Å²) in [5, 5.41) is 12.7. The number of carbonyl (C=O) groups is 1. The molecule has 3 rings (SSSR count). The Bertz CT molecular complexity index is 1100. The number of carbonyl (C=O) groups excluding carboxylic acids is 1. The first-order valence-corrected chi connectivity index (χ1v) is 8.27. The van der Waals surface area contributed by atoms with Gasteiger partial charge in [0.15, 0.2) is 5.65 Å². The van der Waals surface area contributed by atoms with Gasteiger partial charge in [-0.1, -0.05) is 6.07 Å². The Balaban J connectivity index is 2.01. The molecule has 28 heavy (non-hydrogen) atoms. The monoisotopic (exact) mass is 390 g/mol. The first-order valence-electron chi connectivity index (χ1n) is 8.27. The third-order valence-electron chi connectivity index (χ3n) is 3.91. The number of nitrogens with zero attached hydrogens (tertiary/aromatic N) is 2. The number of fused-ring (bicyclic) bond motifs is 1. The summed E-state index contributed by atoms with van der Waals surface area (Å²) in [6.45, 7) is 1.62. The minimum absolute atomic E-state index is 0.0114. The fourth-order valence-corrected chi connectivity index (χ4v) is 2.59. The zero-order valence-corrected chi connectivity index (χ0v) is 14.7. The summed E-state index contributed by atoms with van der Waals surface area (Å²) < 4.78 is 27.0. The van der Waals surface area contributed by atoms with E-state index >= 15 is 0 Å². The van der Waals surface area contributed by atoms with Crippen molar-refractivity contribution in [2.45, 2.75) is 13.5 Å². The molecule has 2 heterocycles. The van der Waals surface area contributed by atoms with E-state index in [1.54, 1.807) is 13.0 Å². The average Bonchev–Trinajstić information content (AvgIpc) is 2.68. The number of rotatable bonds is 6. The SMILES string of the molecule is CCONc1c(C(=O)NCc2ccc(F)cc2F)c(=O)n(O)c2ncccc12. The lowest BCUT2D eigenvalue weighted by Gasteiger charge is -2.15. The Morgan fingerprint density at radius 1 is 1.32 bits per heavy atom. The molecule has 0 fully saturated rings. The lowest BCUT2D eigenvalue weighted by molar-refractivity contribution is 0.0942. The molecule has 0 atom stereocenters. The van der Waals surface area contributed by atoms with Crippen LogP contribution in [0.1, 0.15) is 22.8 Å². The second kappa shape index (κ2) is 8.01. The molecule has 0 saturated heterocycles. The number of hydrogen-bond donors (Lipinski definition) is 3. The molecule has 8 nitrogen and oxygen atoms in total. The van der Waals surface area contributed by atoms with Crippen molar-refractivity contribution in [3.8, 4) is 0 Å². The molecule has 0 unspecified atom stereocenters. The molecule has 10 heteroatoms. The van der Waals surface area contributed by atoms with E-state index in [0.717, 1.165) is 6.07 Å². The van der Waals surface area contributed by atoms with E-state index in [2.05, 4.69) is 15.8 Å². The average molecular weight is 390 g/mol. The minimum Gasteiger partial charge on any atom is -0.423 e. The van der Waals surface area contributed by atoms with Crippen LogP contribution < -0.4 is 16.4 Å². The maximum atomic E-state index is 13.8. The highest BCUT2D eigenvalue weighted by molar-refractivity contribution is 6.06. The van der Waals surface area contributed by atoms with Gasteiger partial charge in [0, 0.05) is 29.8 Å². The van der Waals surface area contributed by atoms with E-state index in [1.807, 2.05) is 0 Å². The molecular weight excluding hydrogens is 374 g/mol. The van der Waals surface area contributed by atoms with Crippen LogP contribution in [0.4, 0.5) is 14.5 Å². The van der Waals surface area contributed by atoms with Gasteiger partial charge in [0.1, 0.15) is 17.2 Å². The van der Waals surface area contributed by atoms with Crippen molar-refractivity contribution in [2.24, 2.45) is 0 Å². The third-order valence-corrected chi connectivity index (χ3v) is 3.91. The minimum atomic E-state index is -1.04. The summed E-state index contributed by atoms with van der Waals surface area (Å²) in [5.41, 5.74) is 1.01. The van der Waals surface area contributed by atoms with Crippen LogP contribution >= 0.6 is 0 Å². The van der Waals surface area contributed by atoms with Crippen LogP contribution in [0.3, 0.4) is 0 Å². The van der Waals surface area contributed by atoms with E-state index in [0.29, 0.717) is 6.07 Å². The van der Waals surface area contributed by atoms with Gasteiger partial charge in [-0.05, 0) is 25.1 Å². The molecule has 0 aliphatic heterocycles. The summed E-state index contributed by atoms with van der Waals surface area (Å²) in [5.74, 6) is -2.47. The third kappa shape index (κ3) is 3.62. The molecule has 0 aliphatic carbocycles. The van der Waals surface area contributed by atoms with E-state index in [1.165, 1.54) is 18.3 Å². The maximum absolute atomic E-state index is 13.8. The summed E-state index contributed by atoms with van der Waals surface area (Å²) in [6.07, 6.45) is 1.37. The first-order chi connectivity index (χ1) is 13.4. The number of pyridine rings is 2. The van der Waals surface area contributed by atoms with Crippen LogP contribution in [-0.2, 0) is 11.4 Å². The van der Waals surface area contributed by atoms with Crippen molar-refractivity contribution < 1.29 is 23.6 Å². The van der Waals surface area contributed by atoms with Crippen LogP contribution in [0.5, 0.6) is 0 Å². The van der Waals surface area contributed by atoms with Gasteiger partial charge >= 0.3 is 0 Å². The zero-order valence-electron chi connectivity index (χ0n) is 14.7. The van der Waals surface area contributed by atoms with Crippen molar-refractivity contribution in [3.05, 3.63) is 69.6 Å². The van der Waals surface area contributed by atoms with E-state index in [9.17, 15) is 23.6 Å². The molecular formula is C18H16F2N4O4. The Kier molecular flexibility index (Phi) is 5.50. The van der Waals surface area contributed by atoms with Gasteiger partial charge in [-0.3, -0.25) is 19.9 Å². The number of halogens is 2. The van der Waals surface area contributed by atoms with Crippen LogP contribution in [0.2, 0.25) is 0 Å². The molecule has 2 aromatic heterocycles. The zero-order chi connectivity index (χ0) is 20.3. The van der Waals surface area contributed by atoms with Gasteiger partial charge in [0.25, 0.3) is 11.5 Å². The molecule has 3 N–H and O–H groups in total. The maximum Gasteiger partial charge on any atom is 0.299 e. The second-order valence-electron chi connectivity index (χ2n) is 5.70. The molecule has 0 bridgehead atoms. The molecule has 3 aromatic rings. The van der Waals surface area contributed by atoms with Gasteiger partial charge in [-0.15, -0.1) is 4.73 Å². The number of nitrogens with one attached hydrogen (secondary N) is 2. The highest BCUT2D eigenvalue weighted by Crippen LogP contribution is 2.23. The molecule has 0 aliphatic rings. The lowest BCUT2D eigenvalue weighted by atomic mass is 10.1. The number of amides is 1. The smallest absolute Gasteiger partial charge is 0.299 e. The van der Waals surface area contributed by atoms with E-state index in [-0.39, 0.29) is 40.2 Å². The predicted molar refractivity (Wildman–Crippen MR) is 96.0 cm³/mol. The Labute approximate surface area is 157 Å². The summed E-state index contributed by atoms with van der Waals surface area (Å²) in [4.78, 5) is 34.2. The number of anilines is 1. The van der Waals surface area contributed by atoms with Crippen LogP contribution in [0.25, 0.3) is 11.0 Å². The summed E-state index contributed by atoms with van der Waals surface area (Å²) >= 11 is 0. The van der Waals surface area contributed by atoms with Gasteiger partial charge in [-0.2, -0.15) is 0 Å². The molecule has 0 saturated carbocycles. The van der Waals surface area contributed by atoms with Crippen molar-refractivity contribution in [1.82, 2.24) is 15.0 Å². The predicted octanol–water partition coefficient (Wildman–Crippen LogP) is 2.21. The Morgan fingerprint density at radius 3 is 2.82 bits per heavy atom. The second-order valence-corrected chi connectivity index (χ2v) is 5.70. The van der Waals surface area contributed by atoms with Crippen LogP contribution in [0, 0.1) is 11.6 Å². The summed E-state index contributed by atoms with van der Waals surface area (Å²) in [7, 11) is 0. The summed E-state index contributed by atoms with van der Waals surface area (Å²) in [6, 6.07) is 6.01. The molecule has 1 aromatic carbocycles. The van der Waals surface area contributed by atoms with Gasteiger partial charge in [-0.25, -0.2) is 13.8 Å². The number of hydrogen-bond acceptors (Lipinski definition) is 6. The fourth-order valence-electron chi connectivity index (χ4n) is 2.59. The largest absolute Gasteiger partial charge is 0.423 e. The normalized spacial score (nSPS) is 10.8. The van der Waals surface area contributed by atoms with Crippen molar-refractivity contribution in [3.63, 3.8) is 0 Å². The first kappa shape index (κ1) is 19.2. The van der Waals surface area contributed by atoms with Crippen molar-refractivity contribution in [1.29, 1.82) is 0 Å². The highest BCUT2D eigenvalue weighted by atomic mass is 19.1. The molecule has 1 amide bonds. The van der Waals surface area contributed by atoms with Gasteiger partial charge in [0.2, 0.25) is 0 Å². The van der Waals surface area contributed by atoms with E-state index in [4.69, 9.17) is 4.84 Å². The Hall–Kier alpha value is -3.53. The van der Waals surface area contributed by atoms with Gasteiger partial charge in [0.05, 0.1) is 12.3 Å². The molecule has 146 valence electrons. The van der Waals surface area contributed by atoms with Crippen molar-refractivity contribution >= 4 is 22.6 Å². The number of aromatic nitrogens is 2. The standard InChI is InChI=1S/C18H16F2N4O4/c1-2-28-23-15-12-4-3-7-21-16(12)24(27)18(26)14(15)17(25)22-9-10-5-6-11(19)8-13(10)20/h3-8,23,27H,2,9H2,1H3,(H,22,25). The number of benzene rings is 1. The fraction of sp³-hybridized carbons (Fsp3) is 0.167. The van der Waals surface area contributed by atoms with Crippen LogP contribution in [0.15, 0.2) is 41.3 Å². The highest BCUT2D eigenvalue weighted by Gasteiger charge is 2.23. The quantitative estimate of drug-likeness (QED) is 0.440. The molecule has 0 radical (unpaired) electrons. The van der Waals surface area contributed by atoms with Crippen molar-refractivity contribution in [2.75, 3.05) is 12.1 Å². The van der Waals surface area contributed by atoms with E-state index < -0.39 is 28.7 Å². The lowest BCUT2D eigenvalue weighted by Crippen LogP contribution is -2.34. The van der Waals surface area contributed by atoms with Gasteiger partial charge < -0.3 is 10.5 Å². The topological polar surface area (TPSA) is 105 Å². The Morgan fingerprint density at radius 2 is 2.11 bits per heavy atom.